The number of hydrogen-bond acceptors (Lipinski definition) is 5. The molecule has 98 valence electrons. The number of benzene rings is 1. The number of carboxylic acid groups (broad SMARTS) is 1. The Morgan fingerprint density at radius 1 is 1.26 bits per heavy atom. The van der Waals surface area contributed by atoms with E-state index >= 15 is 0 Å². The Hall–Kier alpha value is -2.77. The number of nitro groups is 1. The van der Waals surface area contributed by atoms with Gasteiger partial charge in [-0.15, -0.1) is 0 Å². The van der Waals surface area contributed by atoms with Gasteiger partial charge in [0.15, 0.2) is 0 Å². The third kappa shape index (κ3) is 2.15. The van der Waals surface area contributed by atoms with Gasteiger partial charge in [0.1, 0.15) is 5.69 Å². The van der Waals surface area contributed by atoms with Crippen LogP contribution in [0, 0.1) is 10.1 Å². The molecule has 8 nitrogen and oxygen atoms in total. The molecule has 0 atom stereocenters. The molecule has 0 spiro atoms. The predicted molar refractivity (Wildman–Crippen MR) is 61.8 cm³/mol. The number of carboxylic acids is 1. The summed E-state index contributed by atoms with van der Waals surface area (Å²) < 4.78 is 0. The lowest BCUT2D eigenvalue weighted by Crippen LogP contribution is -2.29. The van der Waals surface area contributed by atoms with Crippen molar-refractivity contribution in [3.8, 4) is 0 Å². The number of carbonyl (C=O) groups is 3. The van der Waals surface area contributed by atoms with E-state index in [1.54, 1.807) is 0 Å². The fraction of sp³-hybridized carbons (Fsp3) is 0.182. The van der Waals surface area contributed by atoms with E-state index < -0.39 is 28.4 Å². The first kappa shape index (κ1) is 12.7. The van der Waals surface area contributed by atoms with Crippen LogP contribution in [0.5, 0.6) is 0 Å². The van der Waals surface area contributed by atoms with Crippen molar-refractivity contribution in [3.63, 3.8) is 0 Å². The maximum Gasteiger partial charge on any atom is 0.335 e. The van der Waals surface area contributed by atoms with E-state index in [-0.39, 0.29) is 24.1 Å². The molecular formula is C11H8N2O6. The second kappa shape index (κ2) is 4.48. The molecule has 0 bridgehead atoms. The van der Waals surface area contributed by atoms with Crippen molar-refractivity contribution in [3.05, 3.63) is 33.9 Å². The van der Waals surface area contributed by atoms with Gasteiger partial charge in [-0.25, -0.2) is 9.69 Å². The third-order valence-electron chi connectivity index (χ3n) is 2.71. The van der Waals surface area contributed by atoms with Crippen LogP contribution in [0.3, 0.4) is 0 Å². The highest BCUT2D eigenvalue weighted by Gasteiger charge is 2.35. The van der Waals surface area contributed by atoms with Crippen molar-refractivity contribution < 1.29 is 24.4 Å². The monoisotopic (exact) mass is 264 g/mol. The summed E-state index contributed by atoms with van der Waals surface area (Å²) in [6.07, 6.45) is -0.00661. The smallest absolute Gasteiger partial charge is 0.335 e. The van der Waals surface area contributed by atoms with Crippen LogP contribution in [-0.2, 0) is 9.59 Å². The van der Waals surface area contributed by atoms with Crippen LogP contribution >= 0.6 is 0 Å². The minimum atomic E-state index is -1.33. The molecule has 0 aliphatic carbocycles. The fourth-order valence-electron chi connectivity index (χ4n) is 1.84. The first-order chi connectivity index (χ1) is 8.91. The van der Waals surface area contributed by atoms with Crippen LogP contribution in [0.25, 0.3) is 0 Å². The first-order valence-electron chi connectivity index (χ1n) is 5.29. The van der Waals surface area contributed by atoms with Crippen molar-refractivity contribution in [1.29, 1.82) is 0 Å². The molecule has 0 unspecified atom stereocenters. The molecule has 1 aliphatic rings. The van der Waals surface area contributed by atoms with Crippen molar-refractivity contribution in [2.24, 2.45) is 0 Å². The highest BCUT2D eigenvalue weighted by atomic mass is 16.6. The molecule has 1 aliphatic heterocycles. The van der Waals surface area contributed by atoms with Crippen LogP contribution in [0.4, 0.5) is 11.4 Å². The van der Waals surface area contributed by atoms with Crippen LogP contribution < -0.4 is 4.90 Å². The highest BCUT2D eigenvalue weighted by Crippen LogP contribution is 2.32. The summed E-state index contributed by atoms with van der Waals surface area (Å²) in [5.41, 5.74) is -1.06. The lowest BCUT2D eigenvalue weighted by molar-refractivity contribution is -0.384. The average molecular weight is 264 g/mol. The van der Waals surface area contributed by atoms with Crippen LogP contribution in [0.15, 0.2) is 18.2 Å². The van der Waals surface area contributed by atoms with Crippen LogP contribution in [-0.4, -0.2) is 27.8 Å². The number of aromatic carboxylic acids is 1. The van der Waals surface area contributed by atoms with E-state index in [0.29, 0.717) is 0 Å². The van der Waals surface area contributed by atoms with Crippen molar-refractivity contribution in [1.82, 2.24) is 0 Å². The molecule has 2 rings (SSSR count). The van der Waals surface area contributed by atoms with Gasteiger partial charge in [-0.2, -0.15) is 0 Å². The second-order valence-corrected chi connectivity index (χ2v) is 3.89. The number of anilines is 1. The van der Waals surface area contributed by atoms with E-state index in [9.17, 15) is 24.5 Å². The number of carbonyl (C=O) groups excluding carboxylic acids is 2. The molecule has 0 aromatic heterocycles. The van der Waals surface area contributed by atoms with Gasteiger partial charge in [0.25, 0.3) is 5.69 Å². The number of imide groups is 1. The Bertz CT molecular complexity index is 593. The molecular weight excluding hydrogens is 256 g/mol. The molecule has 1 fully saturated rings. The molecule has 1 heterocycles. The summed E-state index contributed by atoms with van der Waals surface area (Å²) in [6, 6.07) is 3.04. The summed E-state index contributed by atoms with van der Waals surface area (Å²) in [5.74, 6) is -2.39. The largest absolute Gasteiger partial charge is 0.478 e. The zero-order valence-electron chi connectivity index (χ0n) is 9.53. The SMILES string of the molecule is O=C(O)c1ccc(N2C(=O)CCC2=O)c([N+](=O)[O-])c1. The fourth-order valence-corrected chi connectivity index (χ4v) is 1.84. The Kier molecular flexibility index (Phi) is 2.99. The van der Waals surface area contributed by atoms with E-state index in [4.69, 9.17) is 5.11 Å². The Morgan fingerprint density at radius 3 is 2.32 bits per heavy atom. The first-order valence-corrected chi connectivity index (χ1v) is 5.29. The van der Waals surface area contributed by atoms with Crippen molar-refractivity contribution in [2.45, 2.75) is 12.8 Å². The standard InChI is InChI=1S/C11H8N2O6/c14-9-3-4-10(15)12(9)7-2-1-6(11(16)17)5-8(7)13(18)19/h1-2,5H,3-4H2,(H,16,17). The molecule has 0 radical (unpaired) electrons. The molecule has 1 aromatic carbocycles. The van der Waals surface area contributed by atoms with Gasteiger partial charge in [-0.1, -0.05) is 0 Å². The van der Waals surface area contributed by atoms with Gasteiger partial charge in [-0.3, -0.25) is 19.7 Å². The quantitative estimate of drug-likeness (QED) is 0.493. The highest BCUT2D eigenvalue weighted by molar-refractivity contribution is 6.21. The summed E-state index contributed by atoms with van der Waals surface area (Å²) in [5, 5.41) is 19.7. The number of nitrogens with zero attached hydrogens (tertiary/aromatic N) is 2. The molecule has 19 heavy (non-hydrogen) atoms. The predicted octanol–water partition coefficient (Wildman–Crippen LogP) is 0.946. The molecule has 2 amide bonds. The van der Waals surface area contributed by atoms with E-state index in [1.807, 2.05) is 0 Å². The number of hydrogen-bond donors (Lipinski definition) is 1. The second-order valence-electron chi connectivity index (χ2n) is 3.89. The maximum atomic E-state index is 11.5. The summed E-state index contributed by atoms with van der Waals surface area (Å²) in [6.45, 7) is 0. The topological polar surface area (TPSA) is 118 Å². The molecule has 0 saturated carbocycles. The molecule has 1 aromatic rings. The molecule has 1 saturated heterocycles. The normalized spacial score (nSPS) is 14.8. The Morgan fingerprint density at radius 2 is 1.84 bits per heavy atom. The van der Waals surface area contributed by atoms with E-state index in [2.05, 4.69) is 0 Å². The van der Waals surface area contributed by atoms with Gasteiger partial charge in [0.2, 0.25) is 11.8 Å². The van der Waals surface area contributed by atoms with Gasteiger partial charge in [0.05, 0.1) is 10.5 Å². The molecule has 8 heteroatoms. The summed E-state index contributed by atoms with van der Waals surface area (Å²) >= 11 is 0. The van der Waals surface area contributed by atoms with Crippen molar-refractivity contribution >= 4 is 29.2 Å². The average Bonchev–Trinajstić information content (AvgIpc) is 2.68. The zero-order valence-corrected chi connectivity index (χ0v) is 9.53. The number of nitro benzene ring substituents is 1. The molecule has 1 N–H and O–H groups in total. The number of rotatable bonds is 3. The van der Waals surface area contributed by atoms with Gasteiger partial charge < -0.3 is 5.11 Å². The lowest BCUT2D eigenvalue weighted by Gasteiger charge is -2.13. The zero-order chi connectivity index (χ0) is 14.2. The van der Waals surface area contributed by atoms with Gasteiger partial charge in [-0.05, 0) is 12.1 Å². The minimum Gasteiger partial charge on any atom is -0.478 e. The minimum absolute atomic E-state index is 0.00330. The van der Waals surface area contributed by atoms with E-state index in [0.717, 1.165) is 23.1 Å². The van der Waals surface area contributed by atoms with E-state index in [1.165, 1.54) is 0 Å². The maximum absolute atomic E-state index is 11.5. The Labute approximate surface area is 106 Å². The summed E-state index contributed by atoms with van der Waals surface area (Å²) in [4.78, 5) is 44.7. The van der Waals surface area contributed by atoms with Crippen molar-refractivity contribution in [2.75, 3.05) is 4.90 Å². The number of amides is 2. The third-order valence-corrected chi connectivity index (χ3v) is 2.71. The Balaban J connectivity index is 2.57. The summed E-state index contributed by atoms with van der Waals surface area (Å²) in [7, 11) is 0. The van der Waals surface area contributed by atoms with Gasteiger partial charge >= 0.3 is 5.97 Å². The van der Waals surface area contributed by atoms with Gasteiger partial charge in [0, 0.05) is 18.9 Å². The lowest BCUT2D eigenvalue weighted by atomic mass is 10.1. The van der Waals surface area contributed by atoms with Crippen LogP contribution in [0.1, 0.15) is 23.2 Å². The van der Waals surface area contributed by atoms with Crippen LogP contribution in [0.2, 0.25) is 0 Å².